The quantitative estimate of drug-likeness (QED) is 0.0204. The Morgan fingerprint density at radius 1 is 0.414 bits per heavy atom. The predicted molar refractivity (Wildman–Crippen MR) is 355 cm³/mol. The van der Waals surface area contributed by atoms with Crippen molar-refractivity contribution in [3.05, 3.63) is 24.3 Å². The molecule has 9 N–H and O–H groups in total. The van der Waals surface area contributed by atoms with Crippen LogP contribution in [0.15, 0.2) is 24.3 Å². The molecule has 0 aromatic heterocycles. The van der Waals surface area contributed by atoms with E-state index in [2.05, 4.69) is 43.5 Å². The van der Waals surface area contributed by atoms with Crippen LogP contribution >= 0.6 is 0 Å². The Labute approximate surface area is 532 Å². The van der Waals surface area contributed by atoms with Gasteiger partial charge in [0.25, 0.3) is 0 Å². The molecular formula is C73H139NO13. The van der Waals surface area contributed by atoms with Crippen molar-refractivity contribution in [2.24, 2.45) is 0 Å². The van der Waals surface area contributed by atoms with Crippen molar-refractivity contribution in [3.8, 4) is 0 Å². The first kappa shape index (κ1) is 81.6. The number of nitrogens with one attached hydrogen (secondary N) is 1. The molecule has 2 heterocycles. The highest BCUT2D eigenvalue weighted by molar-refractivity contribution is 5.76. The van der Waals surface area contributed by atoms with E-state index >= 15 is 0 Å². The second kappa shape index (κ2) is 58.3. The molecule has 0 spiro atoms. The molecule has 2 saturated heterocycles. The first-order valence-electron chi connectivity index (χ1n) is 37.1. The normalized spacial score (nSPS) is 23.3. The zero-order chi connectivity index (χ0) is 63.1. The van der Waals surface area contributed by atoms with Crippen LogP contribution in [0.2, 0.25) is 0 Å². The Bertz CT molecular complexity index is 1550. The van der Waals surface area contributed by atoms with Gasteiger partial charge in [-0.2, -0.15) is 0 Å². The van der Waals surface area contributed by atoms with Crippen LogP contribution in [0, 0.1) is 0 Å². The van der Waals surface area contributed by atoms with Crippen LogP contribution in [0.1, 0.15) is 341 Å². The summed E-state index contributed by atoms with van der Waals surface area (Å²) >= 11 is 0. The van der Waals surface area contributed by atoms with E-state index in [-0.39, 0.29) is 12.5 Å². The van der Waals surface area contributed by atoms with Crippen molar-refractivity contribution >= 4 is 5.91 Å². The molecule has 12 atom stereocenters. The van der Waals surface area contributed by atoms with Crippen molar-refractivity contribution in [2.75, 3.05) is 19.8 Å². The second-order valence-electron chi connectivity index (χ2n) is 26.4. The van der Waals surface area contributed by atoms with E-state index < -0.39 is 86.8 Å². The van der Waals surface area contributed by atoms with Gasteiger partial charge in [0.1, 0.15) is 48.8 Å². The minimum Gasteiger partial charge on any atom is -0.394 e. The fourth-order valence-electron chi connectivity index (χ4n) is 12.5. The van der Waals surface area contributed by atoms with Gasteiger partial charge in [-0.1, -0.05) is 314 Å². The molecule has 2 aliphatic heterocycles. The molecule has 0 aromatic carbocycles. The minimum absolute atomic E-state index is 0.206. The molecule has 2 rings (SSSR count). The predicted octanol–water partition coefficient (Wildman–Crippen LogP) is 15.5. The molecule has 2 fully saturated rings. The van der Waals surface area contributed by atoms with Gasteiger partial charge >= 0.3 is 0 Å². The molecule has 12 unspecified atom stereocenters. The third-order valence-corrected chi connectivity index (χ3v) is 18.4. The molecule has 514 valence electrons. The van der Waals surface area contributed by atoms with Gasteiger partial charge in [0, 0.05) is 6.42 Å². The molecular weight excluding hydrogens is 1100 g/mol. The third-order valence-electron chi connectivity index (χ3n) is 18.4. The van der Waals surface area contributed by atoms with Gasteiger partial charge in [0.05, 0.1) is 32.0 Å². The van der Waals surface area contributed by atoms with E-state index in [1.54, 1.807) is 0 Å². The van der Waals surface area contributed by atoms with E-state index in [1.807, 2.05) is 0 Å². The molecule has 87 heavy (non-hydrogen) atoms. The molecule has 14 nitrogen and oxygen atoms in total. The molecule has 0 bridgehead atoms. The number of hydrogen-bond acceptors (Lipinski definition) is 13. The Morgan fingerprint density at radius 2 is 0.759 bits per heavy atom. The summed E-state index contributed by atoms with van der Waals surface area (Å²) in [5.41, 5.74) is 0. The van der Waals surface area contributed by atoms with Gasteiger partial charge in [-0.25, -0.2) is 0 Å². The van der Waals surface area contributed by atoms with E-state index in [0.717, 1.165) is 64.2 Å². The van der Waals surface area contributed by atoms with Crippen molar-refractivity contribution in [1.82, 2.24) is 5.32 Å². The highest BCUT2D eigenvalue weighted by Crippen LogP contribution is 2.30. The number of amides is 1. The summed E-state index contributed by atoms with van der Waals surface area (Å²) in [7, 11) is 0. The number of aliphatic hydroxyl groups is 8. The van der Waals surface area contributed by atoms with Gasteiger partial charge < -0.3 is 65.1 Å². The second-order valence-corrected chi connectivity index (χ2v) is 26.4. The van der Waals surface area contributed by atoms with Crippen molar-refractivity contribution in [3.63, 3.8) is 0 Å². The topological polar surface area (TPSA) is 228 Å². The highest BCUT2D eigenvalue weighted by Gasteiger charge is 2.51. The number of hydrogen-bond donors (Lipinski definition) is 9. The van der Waals surface area contributed by atoms with E-state index in [4.69, 9.17) is 18.9 Å². The summed E-state index contributed by atoms with van der Waals surface area (Å²) in [5.74, 6) is -0.206. The zero-order valence-electron chi connectivity index (χ0n) is 56.0. The third kappa shape index (κ3) is 42.4. The molecule has 14 heteroatoms. The lowest BCUT2D eigenvalue weighted by Gasteiger charge is -2.46. The first-order valence-corrected chi connectivity index (χ1v) is 37.1. The van der Waals surface area contributed by atoms with Crippen LogP contribution < -0.4 is 5.32 Å². The van der Waals surface area contributed by atoms with Crippen LogP contribution in [0.5, 0.6) is 0 Å². The minimum atomic E-state index is -1.78. The summed E-state index contributed by atoms with van der Waals surface area (Å²) in [5, 5.41) is 87.7. The number of ether oxygens (including phenoxy) is 4. The highest BCUT2D eigenvalue weighted by atomic mass is 16.7. The molecule has 0 aromatic rings. The fraction of sp³-hybridized carbons (Fsp3) is 0.932. The maximum Gasteiger partial charge on any atom is 0.220 e. The Balaban J connectivity index is 1.63. The Morgan fingerprint density at radius 3 is 1.15 bits per heavy atom. The standard InChI is InChI=1S/C73H139NO13/c1-3-5-7-9-11-13-15-17-19-21-23-25-26-27-28-29-30-31-32-33-34-35-37-38-40-42-44-46-48-50-52-54-56-62(77)61(60-84-72-70(83)68(81)71(64(59-76)86-72)87-73-69(82)67(80)66(79)63(58-75)85-73)74-65(78)57-55-53-51-49-47-45-43-41-39-36-24-22-20-18-16-14-12-10-8-6-4-2/h16,18,22,24,61-64,66-73,75-77,79-83H,3-15,17,19-21,23,25-60H2,1-2H3,(H,74,78)/b18-16-,24-22-. The van der Waals surface area contributed by atoms with Gasteiger partial charge in [-0.05, 0) is 44.9 Å². The van der Waals surface area contributed by atoms with E-state index in [1.165, 1.54) is 250 Å². The van der Waals surface area contributed by atoms with Crippen molar-refractivity contribution in [2.45, 2.75) is 415 Å². The summed E-state index contributed by atoms with van der Waals surface area (Å²) in [6, 6.07) is -0.832. The summed E-state index contributed by atoms with van der Waals surface area (Å²) in [6.07, 6.45) is 56.3. The molecule has 2 aliphatic rings. The number of aliphatic hydroxyl groups excluding tert-OH is 8. The van der Waals surface area contributed by atoms with Crippen LogP contribution in [0.25, 0.3) is 0 Å². The lowest BCUT2D eigenvalue weighted by molar-refractivity contribution is -0.359. The molecule has 1 amide bonds. The maximum atomic E-state index is 13.4. The number of carbonyl (C=O) groups is 1. The van der Waals surface area contributed by atoms with E-state index in [0.29, 0.717) is 12.8 Å². The lowest BCUT2D eigenvalue weighted by atomic mass is 9.97. The zero-order valence-corrected chi connectivity index (χ0v) is 56.0. The number of unbranched alkanes of at least 4 members (excludes halogenated alkanes) is 45. The summed E-state index contributed by atoms with van der Waals surface area (Å²) in [4.78, 5) is 13.4. The van der Waals surface area contributed by atoms with Crippen molar-refractivity contribution in [1.29, 1.82) is 0 Å². The smallest absolute Gasteiger partial charge is 0.220 e. The number of allylic oxidation sites excluding steroid dienone is 4. The maximum absolute atomic E-state index is 13.4. The average Bonchev–Trinajstić information content (AvgIpc) is 1.56. The van der Waals surface area contributed by atoms with Crippen LogP contribution in [0.4, 0.5) is 0 Å². The van der Waals surface area contributed by atoms with Gasteiger partial charge in [0.15, 0.2) is 12.6 Å². The first-order chi connectivity index (χ1) is 42.6. The lowest BCUT2D eigenvalue weighted by Crippen LogP contribution is -2.65. The number of rotatable bonds is 62. The van der Waals surface area contributed by atoms with Gasteiger partial charge in [0.2, 0.25) is 5.91 Å². The average molecular weight is 1240 g/mol. The van der Waals surface area contributed by atoms with Gasteiger partial charge in [-0.3, -0.25) is 4.79 Å². The van der Waals surface area contributed by atoms with E-state index in [9.17, 15) is 45.6 Å². The van der Waals surface area contributed by atoms with Crippen LogP contribution in [-0.4, -0.2) is 140 Å². The Kier molecular flexibility index (Phi) is 54.7. The van der Waals surface area contributed by atoms with Gasteiger partial charge in [-0.15, -0.1) is 0 Å². The molecule has 0 aliphatic carbocycles. The van der Waals surface area contributed by atoms with Crippen LogP contribution in [-0.2, 0) is 23.7 Å². The fourth-order valence-corrected chi connectivity index (χ4v) is 12.5. The summed E-state index contributed by atoms with van der Waals surface area (Å²) < 4.78 is 22.9. The molecule has 0 radical (unpaired) electrons. The number of carbonyl (C=O) groups excluding carboxylic acids is 1. The van der Waals surface area contributed by atoms with Crippen molar-refractivity contribution < 1.29 is 64.6 Å². The van der Waals surface area contributed by atoms with Crippen LogP contribution in [0.3, 0.4) is 0 Å². The SMILES string of the molecule is CCCCCCC/C=C\C/C=C\CCCCCCCCCCCC(=O)NC(COC1OC(CO)C(OC2OC(CO)C(O)C(O)C2O)C(O)C1O)C(O)CCCCCCCCCCCCCCCCCCCCCCCCCCCCCCCCCC. The Hall–Kier alpha value is -1.53. The summed E-state index contributed by atoms with van der Waals surface area (Å²) in [6.45, 7) is 2.90. The largest absolute Gasteiger partial charge is 0.394 e. The monoisotopic (exact) mass is 1240 g/mol. The molecule has 0 saturated carbocycles.